The smallest absolute Gasteiger partial charge is 0.257 e. The van der Waals surface area contributed by atoms with Crippen molar-refractivity contribution in [3.8, 4) is 11.5 Å². The lowest BCUT2D eigenvalue weighted by Gasteiger charge is -2.02. The molecule has 96 valence electrons. The second kappa shape index (κ2) is 5.50. The molecule has 2 rings (SSSR count). The Labute approximate surface area is 111 Å². The van der Waals surface area contributed by atoms with Crippen molar-refractivity contribution in [1.29, 1.82) is 0 Å². The van der Waals surface area contributed by atoms with E-state index in [9.17, 15) is 0 Å². The summed E-state index contributed by atoms with van der Waals surface area (Å²) in [7, 11) is 0. The van der Waals surface area contributed by atoms with Gasteiger partial charge in [-0.1, -0.05) is 23.7 Å². The van der Waals surface area contributed by atoms with E-state index in [0.29, 0.717) is 23.2 Å². The summed E-state index contributed by atoms with van der Waals surface area (Å²) in [5, 5.41) is 4.59. The van der Waals surface area contributed by atoms with Gasteiger partial charge in [0.05, 0.1) is 0 Å². The van der Waals surface area contributed by atoms with Crippen LogP contribution in [0, 0.1) is 6.92 Å². The van der Waals surface area contributed by atoms with Gasteiger partial charge in [-0.25, -0.2) is 0 Å². The van der Waals surface area contributed by atoms with E-state index in [1.165, 1.54) is 0 Å². The Morgan fingerprint density at radius 3 is 2.83 bits per heavy atom. The molecule has 1 atom stereocenters. The van der Waals surface area contributed by atoms with E-state index in [-0.39, 0.29) is 6.04 Å². The molecule has 18 heavy (non-hydrogen) atoms. The molecule has 1 aromatic carbocycles. The Morgan fingerprint density at radius 2 is 2.17 bits per heavy atom. The van der Waals surface area contributed by atoms with Gasteiger partial charge in [0.25, 0.3) is 5.89 Å². The average molecular weight is 266 g/mol. The number of hydrogen-bond acceptors (Lipinski definition) is 4. The monoisotopic (exact) mass is 265 g/mol. The van der Waals surface area contributed by atoms with Gasteiger partial charge < -0.3 is 10.3 Å². The first-order valence-electron chi connectivity index (χ1n) is 5.94. The molecule has 5 heteroatoms. The van der Waals surface area contributed by atoms with Crippen LogP contribution in [-0.4, -0.2) is 16.2 Å². The van der Waals surface area contributed by atoms with E-state index in [1.807, 2.05) is 32.0 Å². The van der Waals surface area contributed by atoms with Crippen molar-refractivity contribution in [2.45, 2.75) is 32.7 Å². The van der Waals surface area contributed by atoms with Gasteiger partial charge in [0.2, 0.25) is 0 Å². The van der Waals surface area contributed by atoms with Crippen LogP contribution in [0.5, 0.6) is 0 Å². The summed E-state index contributed by atoms with van der Waals surface area (Å²) < 4.78 is 5.23. The van der Waals surface area contributed by atoms with Gasteiger partial charge in [-0.15, -0.1) is 0 Å². The molecule has 0 aliphatic rings. The van der Waals surface area contributed by atoms with Gasteiger partial charge in [0.1, 0.15) is 0 Å². The van der Waals surface area contributed by atoms with Crippen LogP contribution < -0.4 is 5.73 Å². The van der Waals surface area contributed by atoms with Crippen LogP contribution in [0.1, 0.15) is 24.7 Å². The normalized spacial score (nSPS) is 12.7. The zero-order valence-electron chi connectivity index (χ0n) is 10.5. The van der Waals surface area contributed by atoms with Crippen molar-refractivity contribution in [2.75, 3.05) is 0 Å². The van der Waals surface area contributed by atoms with Crippen LogP contribution in [0.2, 0.25) is 5.02 Å². The number of halogens is 1. The second-order valence-electron chi connectivity index (χ2n) is 4.41. The van der Waals surface area contributed by atoms with Crippen LogP contribution in [0.25, 0.3) is 11.5 Å². The Bertz CT molecular complexity index is 519. The molecular formula is C13H16ClN3O. The maximum Gasteiger partial charge on any atom is 0.257 e. The lowest BCUT2D eigenvalue weighted by molar-refractivity contribution is 0.419. The molecule has 0 amide bonds. The molecule has 0 radical (unpaired) electrons. The Kier molecular flexibility index (Phi) is 3.99. The summed E-state index contributed by atoms with van der Waals surface area (Å²) in [6.45, 7) is 4.01. The highest BCUT2D eigenvalue weighted by atomic mass is 35.5. The van der Waals surface area contributed by atoms with E-state index in [1.54, 1.807) is 0 Å². The van der Waals surface area contributed by atoms with Crippen molar-refractivity contribution >= 4 is 11.6 Å². The standard InChI is InChI=1S/C13H16ClN3O/c1-3-11(15)7-12-16-13(18-17-12)9-4-8(2)5-10(14)6-9/h4-6,11H,3,7,15H2,1-2H3. The fourth-order valence-electron chi connectivity index (χ4n) is 1.69. The first-order valence-corrected chi connectivity index (χ1v) is 6.32. The number of nitrogens with two attached hydrogens (primary N) is 1. The molecule has 0 fully saturated rings. The predicted molar refractivity (Wildman–Crippen MR) is 71.5 cm³/mol. The molecule has 0 bridgehead atoms. The van der Waals surface area contributed by atoms with Gasteiger partial charge in [0, 0.05) is 23.0 Å². The minimum atomic E-state index is 0.0662. The fraction of sp³-hybridized carbons (Fsp3) is 0.385. The largest absolute Gasteiger partial charge is 0.334 e. The third kappa shape index (κ3) is 3.09. The number of rotatable bonds is 4. The van der Waals surface area contributed by atoms with E-state index < -0.39 is 0 Å². The number of aromatic nitrogens is 2. The quantitative estimate of drug-likeness (QED) is 0.923. The molecule has 1 aromatic heterocycles. The van der Waals surface area contributed by atoms with Crippen LogP contribution >= 0.6 is 11.6 Å². The predicted octanol–water partition coefficient (Wildman–Crippen LogP) is 2.98. The minimum Gasteiger partial charge on any atom is -0.334 e. The van der Waals surface area contributed by atoms with Crippen molar-refractivity contribution in [3.05, 3.63) is 34.6 Å². The lowest BCUT2D eigenvalue weighted by atomic mass is 10.1. The molecular weight excluding hydrogens is 250 g/mol. The van der Waals surface area contributed by atoms with Crippen LogP contribution in [0.4, 0.5) is 0 Å². The van der Waals surface area contributed by atoms with E-state index >= 15 is 0 Å². The van der Waals surface area contributed by atoms with Crippen molar-refractivity contribution < 1.29 is 4.52 Å². The zero-order chi connectivity index (χ0) is 13.1. The minimum absolute atomic E-state index is 0.0662. The lowest BCUT2D eigenvalue weighted by Crippen LogP contribution is -2.21. The molecule has 0 aliphatic carbocycles. The Morgan fingerprint density at radius 1 is 1.39 bits per heavy atom. The second-order valence-corrected chi connectivity index (χ2v) is 4.84. The van der Waals surface area contributed by atoms with Crippen molar-refractivity contribution in [2.24, 2.45) is 5.73 Å². The van der Waals surface area contributed by atoms with E-state index in [4.69, 9.17) is 21.9 Å². The van der Waals surface area contributed by atoms with Crippen LogP contribution in [0.3, 0.4) is 0 Å². The molecule has 1 unspecified atom stereocenters. The summed E-state index contributed by atoms with van der Waals surface area (Å²) >= 11 is 6.00. The van der Waals surface area contributed by atoms with Gasteiger partial charge >= 0.3 is 0 Å². The number of nitrogens with zero attached hydrogens (tertiary/aromatic N) is 2. The van der Waals surface area contributed by atoms with Gasteiger partial charge in [-0.2, -0.15) is 4.98 Å². The zero-order valence-corrected chi connectivity index (χ0v) is 11.2. The fourth-order valence-corrected chi connectivity index (χ4v) is 1.98. The van der Waals surface area contributed by atoms with Crippen molar-refractivity contribution in [3.63, 3.8) is 0 Å². The summed E-state index contributed by atoms with van der Waals surface area (Å²) in [4.78, 5) is 4.33. The summed E-state index contributed by atoms with van der Waals surface area (Å²) in [5.41, 5.74) is 7.75. The SMILES string of the molecule is CCC(N)Cc1noc(-c2cc(C)cc(Cl)c2)n1. The average Bonchev–Trinajstić information content (AvgIpc) is 2.76. The third-order valence-electron chi connectivity index (χ3n) is 2.73. The molecule has 1 heterocycles. The first kappa shape index (κ1) is 13.1. The summed E-state index contributed by atoms with van der Waals surface area (Å²) in [6, 6.07) is 5.72. The summed E-state index contributed by atoms with van der Waals surface area (Å²) in [5.74, 6) is 1.12. The highest BCUT2D eigenvalue weighted by Crippen LogP contribution is 2.23. The van der Waals surface area contributed by atoms with Gasteiger partial charge in [-0.3, -0.25) is 0 Å². The molecule has 4 nitrogen and oxygen atoms in total. The van der Waals surface area contributed by atoms with Crippen LogP contribution in [-0.2, 0) is 6.42 Å². The van der Waals surface area contributed by atoms with Gasteiger partial charge in [-0.05, 0) is 37.1 Å². The maximum absolute atomic E-state index is 6.00. The van der Waals surface area contributed by atoms with E-state index in [2.05, 4.69) is 10.1 Å². The first-order chi connectivity index (χ1) is 8.58. The highest BCUT2D eigenvalue weighted by Gasteiger charge is 2.12. The molecule has 0 aliphatic heterocycles. The van der Waals surface area contributed by atoms with Gasteiger partial charge in [0.15, 0.2) is 5.82 Å². The Hall–Kier alpha value is -1.39. The maximum atomic E-state index is 6.00. The van der Waals surface area contributed by atoms with E-state index in [0.717, 1.165) is 17.5 Å². The summed E-state index contributed by atoms with van der Waals surface area (Å²) in [6.07, 6.45) is 1.51. The number of hydrogen-bond donors (Lipinski definition) is 1. The van der Waals surface area contributed by atoms with Crippen molar-refractivity contribution in [1.82, 2.24) is 10.1 Å². The highest BCUT2D eigenvalue weighted by molar-refractivity contribution is 6.30. The molecule has 2 aromatic rings. The Balaban J connectivity index is 2.23. The molecule has 0 saturated heterocycles. The van der Waals surface area contributed by atoms with Crippen LogP contribution in [0.15, 0.2) is 22.7 Å². The molecule has 0 spiro atoms. The third-order valence-corrected chi connectivity index (χ3v) is 2.94. The topological polar surface area (TPSA) is 64.9 Å². The number of benzene rings is 1. The molecule has 2 N–H and O–H groups in total. The number of aryl methyl sites for hydroxylation is 1. The molecule has 0 saturated carbocycles.